The number of piperidine rings is 1. The van der Waals surface area contributed by atoms with Crippen LogP contribution in [0.5, 0.6) is 0 Å². The number of nitrogens with zero attached hydrogens (tertiary/aromatic N) is 3. The molecule has 1 aliphatic rings. The van der Waals surface area contributed by atoms with Crippen molar-refractivity contribution >= 4 is 17.5 Å². The van der Waals surface area contributed by atoms with Gasteiger partial charge in [-0.15, -0.1) is 0 Å². The summed E-state index contributed by atoms with van der Waals surface area (Å²) in [7, 11) is 1.95. The molecule has 0 unspecified atom stereocenters. The van der Waals surface area contributed by atoms with Crippen molar-refractivity contribution in [3.05, 3.63) is 16.4 Å². The molecule has 1 aromatic rings. The van der Waals surface area contributed by atoms with Crippen molar-refractivity contribution in [3.8, 4) is 0 Å². The number of hydrogen-bond donors (Lipinski definition) is 1. The summed E-state index contributed by atoms with van der Waals surface area (Å²) in [6.07, 6.45) is 2.22. The summed E-state index contributed by atoms with van der Waals surface area (Å²) in [5.41, 5.74) is 1.29. The number of likely N-dealkylation sites (tertiary alicyclic amines) is 1. The standard InChI is InChI=1S/C14H23ClN4O/c1-4-19-13(15)12(10(2)17-19)14(20)18-7-5-6-11(9-18)8-16-3/h11,16H,4-9H2,1-3H3/t11-/m1/s1. The van der Waals surface area contributed by atoms with Crippen LogP contribution in [-0.4, -0.2) is 47.3 Å². The van der Waals surface area contributed by atoms with Crippen LogP contribution < -0.4 is 5.32 Å². The van der Waals surface area contributed by atoms with E-state index in [4.69, 9.17) is 11.6 Å². The van der Waals surface area contributed by atoms with Gasteiger partial charge in [-0.25, -0.2) is 0 Å². The Kier molecular flexibility index (Phi) is 5.05. The molecule has 0 spiro atoms. The highest BCUT2D eigenvalue weighted by Gasteiger charge is 2.28. The fraction of sp³-hybridized carbons (Fsp3) is 0.714. The smallest absolute Gasteiger partial charge is 0.258 e. The van der Waals surface area contributed by atoms with Crippen molar-refractivity contribution in [2.24, 2.45) is 5.92 Å². The van der Waals surface area contributed by atoms with Crippen LogP contribution in [-0.2, 0) is 6.54 Å². The highest BCUT2D eigenvalue weighted by Crippen LogP contribution is 2.24. The van der Waals surface area contributed by atoms with Gasteiger partial charge < -0.3 is 10.2 Å². The minimum Gasteiger partial charge on any atom is -0.338 e. The predicted molar refractivity (Wildman–Crippen MR) is 80.2 cm³/mol. The van der Waals surface area contributed by atoms with Crippen molar-refractivity contribution in [2.75, 3.05) is 26.7 Å². The SMILES string of the molecule is CCn1nc(C)c(C(=O)N2CCC[C@H](CNC)C2)c1Cl. The van der Waals surface area contributed by atoms with Gasteiger partial charge in [0.2, 0.25) is 0 Å². The van der Waals surface area contributed by atoms with Crippen molar-refractivity contribution < 1.29 is 4.79 Å². The first-order valence-corrected chi connectivity index (χ1v) is 7.63. The molecule has 1 N–H and O–H groups in total. The second kappa shape index (κ2) is 6.59. The summed E-state index contributed by atoms with van der Waals surface area (Å²) >= 11 is 6.28. The minimum absolute atomic E-state index is 0.0213. The quantitative estimate of drug-likeness (QED) is 0.924. The third kappa shape index (κ3) is 2.99. The third-order valence-electron chi connectivity index (χ3n) is 3.88. The minimum atomic E-state index is 0.0213. The number of carbonyl (C=O) groups is 1. The highest BCUT2D eigenvalue weighted by atomic mass is 35.5. The van der Waals surface area contributed by atoms with E-state index < -0.39 is 0 Å². The largest absolute Gasteiger partial charge is 0.338 e. The zero-order chi connectivity index (χ0) is 14.7. The highest BCUT2D eigenvalue weighted by molar-refractivity contribution is 6.33. The predicted octanol–water partition coefficient (Wildman–Crippen LogP) is 1.94. The Morgan fingerprint density at radius 2 is 2.30 bits per heavy atom. The summed E-state index contributed by atoms with van der Waals surface area (Å²) < 4.78 is 1.68. The van der Waals surface area contributed by atoms with Crippen molar-refractivity contribution in [1.29, 1.82) is 0 Å². The number of aromatic nitrogens is 2. The average Bonchev–Trinajstić information content (AvgIpc) is 2.73. The number of carbonyl (C=O) groups excluding carboxylic acids is 1. The molecule has 1 saturated heterocycles. The lowest BCUT2D eigenvalue weighted by atomic mass is 9.97. The molecule has 6 heteroatoms. The van der Waals surface area contributed by atoms with Gasteiger partial charge in [-0.2, -0.15) is 5.10 Å². The Bertz CT molecular complexity index is 484. The van der Waals surface area contributed by atoms with E-state index in [1.165, 1.54) is 6.42 Å². The number of nitrogens with one attached hydrogen (secondary N) is 1. The van der Waals surface area contributed by atoms with E-state index in [2.05, 4.69) is 10.4 Å². The second-order valence-corrected chi connectivity index (χ2v) is 5.74. The van der Waals surface area contributed by atoms with E-state index in [1.807, 2.05) is 25.8 Å². The van der Waals surface area contributed by atoms with Crippen LogP contribution in [0.1, 0.15) is 35.8 Å². The van der Waals surface area contributed by atoms with Crippen LogP contribution in [0.3, 0.4) is 0 Å². The van der Waals surface area contributed by atoms with Crippen molar-refractivity contribution in [1.82, 2.24) is 20.0 Å². The van der Waals surface area contributed by atoms with E-state index >= 15 is 0 Å². The van der Waals surface area contributed by atoms with Crippen LogP contribution in [0.15, 0.2) is 0 Å². The first kappa shape index (κ1) is 15.3. The Labute approximate surface area is 125 Å². The molecule has 1 aromatic heterocycles. The molecule has 1 aliphatic heterocycles. The van der Waals surface area contributed by atoms with Gasteiger partial charge in [-0.3, -0.25) is 9.48 Å². The van der Waals surface area contributed by atoms with Crippen LogP contribution in [0.2, 0.25) is 5.15 Å². The summed E-state index contributed by atoms with van der Waals surface area (Å²) in [6.45, 7) is 7.05. The summed E-state index contributed by atoms with van der Waals surface area (Å²) in [5.74, 6) is 0.547. The maximum atomic E-state index is 12.7. The van der Waals surface area contributed by atoms with Gasteiger partial charge in [-0.1, -0.05) is 11.6 Å². The number of halogens is 1. The maximum absolute atomic E-state index is 12.7. The number of hydrogen-bond acceptors (Lipinski definition) is 3. The first-order chi connectivity index (χ1) is 9.58. The fourth-order valence-corrected chi connectivity index (χ4v) is 3.24. The molecule has 0 bridgehead atoms. The van der Waals surface area contributed by atoms with Crippen LogP contribution in [0.25, 0.3) is 0 Å². The molecule has 2 heterocycles. The zero-order valence-corrected chi connectivity index (χ0v) is 13.2. The molecule has 5 nitrogen and oxygen atoms in total. The van der Waals surface area contributed by atoms with Gasteiger partial charge >= 0.3 is 0 Å². The summed E-state index contributed by atoms with van der Waals surface area (Å²) in [6, 6.07) is 0. The number of aryl methyl sites for hydroxylation is 2. The van der Waals surface area contributed by atoms with Gasteiger partial charge in [0.15, 0.2) is 0 Å². The Hall–Kier alpha value is -1.07. The first-order valence-electron chi connectivity index (χ1n) is 7.25. The lowest BCUT2D eigenvalue weighted by Gasteiger charge is -2.32. The molecule has 2 rings (SSSR count). The topological polar surface area (TPSA) is 50.2 Å². The lowest BCUT2D eigenvalue weighted by Crippen LogP contribution is -2.42. The lowest BCUT2D eigenvalue weighted by molar-refractivity contribution is 0.0673. The van der Waals surface area contributed by atoms with Crippen LogP contribution in [0, 0.1) is 12.8 Å². The molecule has 0 aromatic carbocycles. The van der Waals surface area contributed by atoms with Gasteiger partial charge in [0.1, 0.15) is 5.15 Å². The summed E-state index contributed by atoms with van der Waals surface area (Å²) in [4.78, 5) is 14.6. The molecule has 0 radical (unpaired) electrons. The molecule has 112 valence electrons. The molecular formula is C14H23ClN4O. The zero-order valence-electron chi connectivity index (χ0n) is 12.4. The molecule has 1 atom stereocenters. The van der Waals surface area contributed by atoms with E-state index in [0.717, 1.165) is 31.7 Å². The van der Waals surface area contributed by atoms with Crippen LogP contribution in [0.4, 0.5) is 0 Å². The monoisotopic (exact) mass is 298 g/mol. The van der Waals surface area contributed by atoms with Gasteiger partial charge in [0.05, 0.1) is 11.3 Å². The molecule has 0 aliphatic carbocycles. The second-order valence-electron chi connectivity index (χ2n) is 5.38. The maximum Gasteiger partial charge on any atom is 0.258 e. The van der Waals surface area contributed by atoms with Gasteiger partial charge in [0.25, 0.3) is 5.91 Å². The summed E-state index contributed by atoms with van der Waals surface area (Å²) in [5, 5.41) is 7.98. The third-order valence-corrected chi connectivity index (χ3v) is 4.26. The number of rotatable bonds is 4. The van der Waals surface area contributed by atoms with Crippen molar-refractivity contribution in [3.63, 3.8) is 0 Å². The van der Waals surface area contributed by atoms with Gasteiger partial charge in [0, 0.05) is 19.6 Å². The fourth-order valence-electron chi connectivity index (χ4n) is 2.87. The Morgan fingerprint density at radius 3 is 2.90 bits per heavy atom. The Balaban J connectivity index is 2.16. The molecule has 1 fully saturated rings. The normalized spacial score (nSPS) is 19.4. The molecule has 20 heavy (non-hydrogen) atoms. The van der Waals surface area contributed by atoms with E-state index in [1.54, 1.807) is 4.68 Å². The van der Waals surface area contributed by atoms with Crippen LogP contribution >= 0.6 is 11.6 Å². The van der Waals surface area contributed by atoms with E-state index in [0.29, 0.717) is 23.2 Å². The van der Waals surface area contributed by atoms with Crippen molar-refractivity contribution in [2.45, 2.75) is 33.2 Å². The van der Waals surface area contributed by atoms with E-state index in [9.17, 15) is 4.79 Å². The molecule has 0 saturated carbocycles. The average molecular weight is 299 g/mol. The van der Waals surface area contributed by atoms with E-state index in [-0.39, 0.29) is 5.91 Å². The Morgan fingerprint density at radius 1 is 1.55 bits per heavy atom. The molecule has 1 amide bonds. The molecular weight excluding hydrogens is 276 g/mol. The van der Waals surface area contributed by atoms with Gasteiger partial charge in [-0.05, 0) is 46.2 Å². The number of amides is 1.